The van der Waals surface area contributed by atoms with Gasteiger partial charge in [-0.25, -0.2) is 4.79 Å². The van der Waals surface area contributed by atoms with E-state index in [-0.39, 0.29) is 5.56 Å². The average Bonchev–Trinajstić information content (AvgIpc) is 3.29. The van der Waals surface area contributed by atoms with Crippen LogP contribution < -0.4 is 0 Å². The van der Waals surface area contributed by atoms with Gasteiger partial charge in [0.2, 0.25) is 0 Å². The molecule has 0 bridgehead atoms. The third-order valence-electron chi connectivity index (χ3n) is 6.95. The molecule has 6 heteroatoms. The Morgan fingerprint density at radius 3 is 2.15 bits per heavy atom. The van der Waals surface area contributed by atoms with Crippen molar-refractivity contribution in [2.45, 2.75) is 57.3 Å². The number of aliphatic hydroxyl groups is 2. The fourth-order valence-corrected chi connectivity index (χ4v) is 4.62. The van der Waals surface area contributed by atoms with Gasteiger partial charge in [0.05, 0.1) is 24.3 Å². The molecule has 0 saturated heterocycles. The number of nitrogens with zero attached hydrogens (tertiary/aromatic N) is 2. The van der Waals surface area contributed by atoms with Gasteiger partial charge in [-0.05, 0) is 46.0 Å². The van der Waals surface area contributed by atoms with Crippen LogP contribution in [-0.2, 0) is 17.4 Å². The monoisotopic (exact) mass is 446 g/mol. The van der Waals surface area contributed by atoms with Crippen LogP contribution in [0.25, 0.3) is 12.2 Å². The van der Waals surface area contributed by atoms with E-state index in [1.54, 1.807) is 30.5 Å². The van der Waals surface area contributed by atoms with Crippen molar-refractivity contribution in [2.75, 3.05) is 0 Å². The summed E-state index contributed by atoms with van der Waals surface area (Å²) < 4.78 is 1.85. The minimum atomic E-state index is -0.952. The first kappa shape index (κ1) is 23.0. The third kappa shape index (κ3) is 4.12. The molecule has 1 aromatic heterocycles. The van der Waals surface area contributed by atoms with Crippen LogP contribution in [0.1, 0.15) is 65.9 Å². The zero-order valence-corrected chi connectivity index (χ0v) is 19.4. The lowest BCUT2D eigenvalue weighted by atomic mass is 9.59. The van der Waals surface area contributed by atoms with E-state index in [1.807, 2.05) is 56.8 Å². The Morgan fingerprint density at radius 1 is 1.00 bits per heavy atom. The molecule has 0 unspecified atom stereocenters. The standard InChI is InChI=1S/C27H30N2O4/c1-26(2)21-14-19(11-8-17-6-9-18(10-7-17)25(32)33)20(16-29-13-5-12-28-29)15-22(21)27(3,4)24(31)23(26)30/h5-15,23-24,30-31H,16H2,1-4H3,(H,32,33)/b11-8+/t23-,24+/m1/s1. The molecule has 2 aromatic carbocycles. The van der Waals surface area contributed by atoms with Crippen molar-refractivity contribution in [3.8, 4) is 0 Å². The van der Waals surface area contributed by atoms with Gasteiger partial charge >= 0.3 is 5.97 Å². The first-order valence-corrected chi connectivity index (χ1v) is 11.0. The molecular weight excluding hydrogens is 416 g/mol. The summed E-state index contributed by atoms with van der Waals surface area (Å²) in [5.74, 6) is -0.952. The number of hydrogen-bond donors (Lipinski definition) is 3. The maximum absolute atomic E-state index is 11.1. The van der Waals surface area contributed by atoms with Gasteiger partial charge < -0.3 is 15.3 Å². The van der Waals surface area contributed by atoms with Crippen LogP contribution in [0.4, 0.5) is 0 Å². The van der Waals surface area contributed by atoms with Crippen LogP contribution in [-0.4, -0.2) is 43.3 Å². The molecule has 1 heterocycles. The Morgan fingerprint density at radius 2 is 1.61 bits per heavy atom. The number of rotatable bonds is 5. The minimum absolute atomic E-state index is 0.247. The first-order valence-electron chi connectivity index (χ1n) is 11.0. The topological polar surface area (TPSA) is 95.6 Å². The normalized spacial score (nSPS) is 21.2. The summed E-state index contributed by atoms with van der Waals surface area (Å²) in [6.07, 6.45) is 5.84. The van der Waals surface area contributed by atoms with E-state index in [2.05, 4.69) is 17.2 Å². The van der Waals surface area contributed by atoms with E-state index in [4.69, 9.17) is 5.11 Å². The molecule has 4 rings (SSSR count). The molecule has 0 fully saturated rings. The lowest BCUT2D eigenvalue weighted by Crippen LogP contribution is -2.56. The smallest absolute Gasteiger partial charge is 0.335 e. The molecule has 6 nitrogen and oxygen atoms in total. The van der Waals surface area contributed by atoms with Gasteiger partial charge in [0.1, 0.15) is 0 Å². The number of carboxylic acids is 1. The number of fused-ring (bicyclic) bond motifs is 1. The predicted molar refractivity (Wildman–Crippen MR) is 128 cm³/mol. The quantitative estimate of drug-likeness (QED) is 0.513. The van der Waals surface area contributed by atoms with E-state index in [9.17, 15) is 15.0 Å². The number of aliphatic hydroxyl groups excluding tert-OH is 2. The van der Waals surface area contributed by atoms with E-state index < -0.39 is 29.0 Å². The Kier molecular flexibility index (Phi) is 5.76. The summed E-state index contributed by atoms with van der Waals surface area (Å²) in [7, 11) is 0. The summed E-state index contributed by atoms with van der Waals surface area (Å²) in [4.78, 5) is 11.1. The molecule has 172 valence electrons. The van der Waals surface area contributed by atoms with Gasteiger partial charge in [0.15, 0.2) is 0 Å². The summed E-state index contributed by atoms with van der Waals surface area (Å²) >= 11 is 0. The largest absolute Gasteiger partial charge is 0.478 e. The fourth-order valence-electron chi connectivity index (χ4n) is 4.62. The molecular formula is C27H30N2O4. The van der Waals surface area contributed by atoms with Gasteiger partial charge in [-0.2, -0.15) is 5.10 Å². The first-order chi connectivity index (χ1) is 15.5. The highest BCUT2D eigenvalue weighted by Crippen LogP contribution is 2.47. The second-order valence-corrected chi connectivity index (χ2v) is 9.89. The van der Waals surface area contributed by atoms with Crippen molar-refractivity contribution in [3.05, 3.63) is 88.2 Å². The number of carbonyl (C=O) groups is 1. The highest BCUT2D eigenvalue weighted by Gasteiger charge is 2.50. The fraction of sp³-hybridized carbons (Fsp3) is 0.333. The number of aromatic nitrogens is 2. The highest BCUT2D eigenvalue weighted by atomic mass is 16.4. The van der Waals surface area contributed by atoms with Crippen LogP contribution in [0.2, 0.25) is 0 Å². The molecule has 3 aromatic rings. The third-order valence-corrected chi connectivity index (χ3v) is 6.95. The molecule has 3 N–H and O–H groups in total. The number of carboxylic acid groups (broad SMARTS) is 1. The molecule has 0 amide bonds. The van der Waals surface area contributed by atoms with Gasteiger partial charge in [0.25, 0.3) is 0 Å². The van der Waals surface area contributed by atoms with E-state index >= 15 is 0 Å². The number of benzene rings is 2. The van der Waals surface area contributed by atoms with Gasteiger partial charge in [-0.15, -0.1) is 0 Å². The van der Waals surface area contributed by atoms with Crippen LogP contribution >= 0.6 is 0 Å². The molecule has 33 heavy (non-hydrogen) atoms. The van der Waals surface area contributed by atoms with E-state index in [0.717, 1.165) is 27.8 Å². The van der Waals surface area contributed by atoms with Crippen LogP contribution in [0, 0.1) is 0 Å². The molecule has 0 aliphatic heterocycles. The molecule has 1 aliphatic rings. The van der Waals surface area contributed by atoms with Crippen molar-refractivity contribution < 1.29 is 20.1 Å². The van der Waals surface area contributed by atoms with Gasteiger partial charge in [-0.3, -0.25) is 4.68 Å². The maximum Gasteiger partial charge on any atom is 0.335 e. The maximum atomic E-state index is 11.1. The van der Waals surface area contributed by atoms with Crippen LogP contribution in [0.5, 0.6) is 0 Å². The summed E-state index contributed by atoms with van der Waals surface area (Å²) in [5, 5.41) is 35.3. The zero-order chi connectivity index (χ0) is 24.0. The predicted octanol–water partition coefficient (Wildman–Crippen LogP) is 4.09. The van der Waals surface area contributed by atoms with E-state index in [0.29, 0.717) is 6.54 Å². The Labute approximate surface area is 193 Å². The van der Waals surface area contributed by atoms with Crippen molar-refractivity contribution >= 4 is 18.1 Å². The second-order valence-electron chi connectivity index (χ2n) is 9.89. The Bertz CT molecular complexity index is 1190. The molecule has 1 aliphatic carbocycles. The number of hydrogen-bond acceptors (Lipinski definition) is 4. The minimum Gasteiger partial charge on any atom is -0.478 e. The molecule has 0 radical (unpaired) electrons. The van der Waals surface area contributed by atoms with Crippen molar-refractivity contribution in [1.82, 2.24) is 9.78 Å². The Balaban J connectivity index is 1.83. The van der Waals surface area contributed by atoms with Crippen LogP contribution in [0.15, 0.2) is 54.9 Å². The van der Waals surface area contributed by atoms with Crippen molar-refractivity contribution in [3.63, 3.8) is 0 Å². The average molecular weight is 447 g/mol. The highest BCUT2D eigenvalue weighted by molar-refractivity contribution is 5.88. The lowest BCUT2D eigenvalue weighted by Gasteiger charge is -2.49. The second kappa shape index (κ2) is 8.28. The van der Waals surface area contributed by atoms with Crippen molar-refractivity contribution in [2.24, 2.45) is 0 Å². The number of aromatic carboxylic acids is 1. The SMILES string of the molecule is CC1(C)c2cc(/C=C/c3ccc(C(=O)O)cc3)c(Cn3cccn3)cc2C(C)(C)[C@@H](O)[C@H]1O. The van der Waals surface area contributed by atoms with Gasteiger partial charge in [-0.1, -0.05) is 64.1 Å². The molecule has 2 atom stereocenters. The van der Waals surface area contributed by atoms with Crippen molar-refractivity contribution in [1.29, 1.82) is 0 Å². The Hall–Kier alpha value is -3.22. The summed E-state index contributed by atoms with van der Waals surface area (Å²) in [6, 6.07) is 12.8. The lowest BCUT2D eigenvalue weighted by molar-refractivity contribution is -0.0673. The summed E-state index contributed by atoms with van der Waals surface area (Å²) in [6.45, 7) is 8.41. The zero-order valence-electron chi connectivity index (χ0n) is 19.4. The van der Waals surface area contributed by atoms with Crippen LogP contribution in [0.3, 0.4) is 0 Å². The molecule has 0 saturated carbocycles. The molecule has 0 spiro atoms. The van der Waals surface area contributed by atoms with Gasteiger partial charge in [0, 0.05) is 23.2 Å². The summed E-state index contributed by atoms with van der Waals surface area (Å²) in [5.41, 5.74) is 3.96. The van der Waals surface area contributed by atoms with E-state index in [1.165, 1.54) is 0 Å².